The summed E-state index contributed by atoms with van der Waals surface area (Å²) in [6, 6.07) is 17.1. The van der Waals surface area contributed by atoms with E-state index in [4.69, 9.17) is 13.9 Å². The van der Waals surface area contributed by atoms with Crippen molar-refractivity contribution in [3.63, 3.8) is 0 Å². The molecule has 8 heteroatoms. The molecule has 4 aromatic rings. The van der Waals surface area contributed by atoms with Crippen molar-refractivity contribution in [2.75, 3.05) is 19.0 Å². The Morgan fingerprint density at radius 2 is 1.84 bits per heavy atom. The molecule has 0 bridgehead atoms. The lowest BCUT2D eigenvalue weighted by atomic mass is 10.1. The summed E-state index contributed by atoms with van der Waals surface area (Å²) in [6.07, 6.45) is 0. The number of carbonyl (C=O) groups is 1. The Balaban J connectivity index is 1.53. The summed E-state index contributed by atoms with van der Waals surface area (Å²) in [7, 11) is 1.55. The lowest BCUT2D eigenvalue weighted by molar-refractivity contribution is 0.0518. The topological polar surface area (TPSA) is 104 Å². The van der Waals surface area contributed by atoms with Gasteiger partial charge in [0.1, 0.15) is 17.1 Å². The number of aromatic nitrogens is 2. The number of benzene rings is 2. The molecule has 0 aliphatic heterocycles. The molecule has 0 radical (unpaired) electrons. The fourth-order valence-corrected chi connectivity index (χ4v) is 2.98. The van der Waals surface area contributed by atoms with E-state index < -0.39 is 5.97 Å². The van der Waals surface area contributed by atoms with Gasteiger partial charge in [0, 0.05) is 17.3 Å². The summed E-state index contributed by atoms with van der Waals surface area (Å²) < 4.78 is 16.0. The number of fused-ring (bicyclic) bond motifs is 1. The lowest BCUT2D eigenvalue weighted by Crippen LogP contribution is -2.08. The van der Waals surface area contributed by atoms with E-state index in [2.05, 4.69) is 15.5 Å². The molecular formula is C23H19N3O5. The molecule has 0 spiro atoms. The molecule has 31 heavy (non-hydrogen) atoms. The summed E-state index contributed by atoms with van der Waals surface area (Å²) in [5.41, 5.74) is 2.00. The second-order valence-electron chi connectivity index (χ2n) is 6.56. The fourth-order valence-electron chi connectivity index (χ4n) is 2.98. The highest BCUT2D eigenvalue weighted by molar-refractivity contribution is 5.87. The van der Waals surface area contributed by atoms with Gasteiger partial charge in [-0.2, -0.15) is 0 Å². The summed E-state index contributed by atoms with van der Waals surface area (Å²) >= 11 is 0. The minimum absolute atomic E-state index is 0.144. The average molecular weight is 417 g/mol. The SMILES string of the molecule is CCOC(=O)c1ccc(Nc2ccc(-c3cc(=O)c4cc(OC)ccc4o3)cc2)nn1. The van der Waals surface area contributed by atoms with Crippen molar-refractivity contribution < 1.29 is 18.7 Å². The minimum atomic E-state index is -0.513. The zero-order valence-electron chi connectivity index (χ0n) is 16.9. The number of nitrogens with one attached hydrogen (secondary N) is 1. The summed E-state index contributed by atoms with van der Waals surface area (Å²) in [5, 5.41) is 11.4. The number of esters is 1. The van der Waals surface area contributed by atoms with Gasteiger partial charge in [0.05, 0.1) is 19.1 Å². The molecule has 0 saturated carbocycles. The van der Waals surface area contributed by atoms with Crippen LogP contribution in [0.5, 0.6) is 5.75 Å². The van der Waals surface area contributed by atoms with E-state index in [0.29, 0.717) is 28.3 Å². The molecular weight excluding hydrogens is 398 g/mol. The fraction of sp³-hybridized carbons (Fsp3) is 0.130. The van der Waals surface area contributed by atoms with Gasteiger partial charge in [-0.1, -0.05) is 0 Å². The molecule has 1 N–H and O–H groups in total. The van der Waals surface area contributed by atoms with Gasteiger partial charge in [-0.3, -0.25) is 4.79 Å². The smallest absolute Gasteiger partial charge is 0.358 e. The molecule has 2 aromatic carbocycles. The normalized spacial score (nSPS) is 10.6. The molecule has 2 heterocycles. The van der Waals surface area contributed by atoms with Crippen LogP contribution in [-0.2, 0) is 4.74 Å². The second kappa shape index (κ2) is 8.66. The highest BCUT2D eigenvalue weighted by Gasteiger charge is 2.10. The van der Waals surface area contributed by atoms with Crippen LogP contribution in [0, 0.1) is 0 Å². The van der Waals surface area contributed by atoms with Crippen LogP contribution in [0.15, 0.2) is 69.9 Å². The highest BCUT2D eigenvalue weighted by atomic mass is 16.5. The van der Waals surface area contributed by atoms with E-state index in [1.807, 2.05) is 24.3 Å². The van der Waals surface area contributed by atoms with Crippen molar-refractivity contribution in [3.8, 4) is 17.1 Å². The third kappa shape index (κ3) is 4.37. The van der Waals surface area contributed by atoms with Crippen molar-refractivity contribution in [1.82, 2.24) is 10.2 Å². The van der Waals surface area contributed by atoms with Crippen LogP contribution in [0.25, 0.3) is 22.3 Å². The number of anilines is 2. The van der Waals surface area contributed by atoms with Crippen LogP contribution in [0.1, 0.15) is 17.4 Å². The van der Waals surface area contributed by atoms with E-state index in [0.717, 1.165) is 11.3 Å². The maximum atomic E-state index is 12.5. The molecule has 0 aliphatic carbocycles. The number of carbonyl (C=O) groups excluding carboxylic acids is 1. The maximum Gasteiger partial charge on any atom is 0.358 e. The van der Waals surface area contributed by atoms with E-state index >= 15 is 0 Å². The van der Waals surface area contributed by atoms with Crippen molar-refractivity contribution in [2.45, 2.75) is 6.92 Å². The Hall–Kier alpha value is -4.20. The van der Waals surface area contributed by atoms with Crippen LogP contribution in [0.4, 0.5) is 11.5 Å². The van der Waals surface area contributed by atoms with Crippen LogP contribution >= 0.6 is 0 Å². The third-order valence-electron chi connectivity index (χ3n) is 4.53. The van der Waals surface area contributed by atoms with Crippen molar-refractivity contribution in [1.29, 1.82) is 0 Å². The highest BCUT2D eigenvalue weighted by Crippen LogP contribution is 2.26. The van der Waals surface area contributed by atoms with Gasteiger partial charge >= 0.3 is 5.97 Å². The maximum absolute atomic E-state index is 12.5. The van der Waals surface area contributed by atoms with Crippen LogP contribution < -0.4 is 15.5 Å². The standard InChI is InChI=1S/C23H19N3O5/c1-3-30-23(28)18-9-11-22(26-25-18)24-15-6-4-14(5-7-15)21-13-19(27)17-12-16(29-2)8-10-20(17)31-21/h4-13H,3H2,1-2H3,(H,24,26). The first-order valence-corrected chi connectivity index (χ1v) is 9.57. The predicted octanol–water partition coefficient (Wildman–Crippen LogP) is 4.18. The predicted molar refractivity (Wildman–Crippen MR) is 116 cm³/mol. The van der Waals surface area contributed by atoms with Gasteiger partial charge in [0.15, 0.2) is 16.9 Å². The third-order valence-corrected chi connectivity index (χ3v) is 4.53. The first-order chi connectivity index (χ1) is 15.1. The Kier molecular flexibility index (Phi) is 5.61. The molecule has 0 aliphatic rings. The Labute approximate surface area is 177 Å². The molecule has 0 saturated heterocycles. The first kappa shape index (κ1) is 20.1. The van der Waals surface area contributed by atoms with Crippen LogP contribution in [0.2, 0.25) is 0 Å². The number of hydrogen-bond donors (Lipinski definition) is 1. The minimum Gasteiger partial charge on any atom is -0.497 e. The molecule has 8 nitrogen and oxygen atoms in total. The Morgan fingerprint density at radius 3 is 2.52 bits per heavy atom. The number of nitrogens with zero attached hydrogens (tertiary/aromatic N) is 2. The first-order valence-electron chi connectivity index (χ1n) is 9.57. The molecule has 4 rings (SSSR count). The van der Waals surface area contributed by atoms with E-state index in [1.54, 1.807) is 44.4 Å². The Morgan fingerprint density at radius 1 is 1.03 bits per heavy atom. The molecule has 156 valence electrons. The molecule has 0 fully saturated rings. The average Bonchev–Trinajstić information content (AvgIpc) is 2.80. The van der Waals surface area contributed by atoms with E-state index in [9.17, 15) is 9.59 Å². The molecule has 0 unspecified atom stereocenters. The van der Waals surface area contributed by atoms with Crippen molar-refractivity contribution in [3.05, 3.63) is 76.6 Å². The lowest BCUT2D eigenvalue weighted by Gasteiger charge is -2.08. The van der Waals surface area contributed by atoms with E-state index in [1.165, 1.54) is 6.07 Å². The second-order valence-corrected chi connectivity index (χ2v) is 6.56. The van der Waals surface area contributed by atoms with Gasteiger partial charge < -0.3 is 19.2 Å². The number of ether oxygens (including phenoxy) is 2. The largest absolute Gasteiger partial charge is 0.497 e. The number of rotatable bonds is 6. The van der Waals surface area contributed by atoms with E-state index in [-0.39, 0.29) is 17.7 Å². The zero-order chi connectivity index (χ0) is 21.8. The van der Waals surface area contributed by atoms with Crippen LogP contribution in [0.3, 0.4) is 0 Å². The van der Waals surface area contributed by atoms with Gasteiger partial charge in [0.2, 0.25) is 0 Å². The van der Waals surface area contributed by atoms with Gasteiger partial charge in [-0.05, 0) is 61.5 Å². The summed E-state index contributed by atoms with van der Waals surface area (Å²) in [4.78, 5) is 24.1. The zero-order valence-corrected chi connectivity index (χ0v) is 16.9. The monoisotopic (exact) mass is 417 g/mol. The van der Waals surface area contributed by atoms with Crippen molar-refractivity contribution in [2.24, 2.45) is 0 Å². The molecule has 0 atom stereocenters. The Bertz CT molecular complexity index is 1280. The quantitative estimate of drug-likeness (QED) is 0.466. The van der Waals surface area contributed by atoms with Crippen molar-refractivity contribution >= 4 is 28.4 Å². The van der Waals surface area contributed by atoms with Gasteiger partial charge in [-0.25, -0.2) is 4.79 Å². The number of methoxy groups -OCH3 is 1. The van der Waals surface area contributed by atoms with Gasteiger partial charge in [0.25, 0.3) is 0 Å². The van der Waals surface area contributed by atoms with Crippen LogP contribution in [-0.4, -0.2) is 29.9 Å². The van der Waals surface area contributed by atoms with Gasteiger partial charge in [-0.15, -0.1) is 10.2 Å². The summed E-state index contributed by atoms with van der Waals surface area (Å²) in [5.74, 6) is 1.03. The molecule has 2 aromatic heterocycles. The molecule has 0 amide bonds. The number of hydrogen-bond acceptors (Lipinski definition) is 8. The summed E-state index contributed by atoms with van der Waals surface area (Å²) in [6.45, 7) is 2.00.